The number of likely N-dealkylation sites (tertiary alicyclic amines) is 1. The molecule has 0 N–H and O–H groups in total. The Morgan fingerprint density at radius 3 is 3.08 bits per heavy atom. The third-order valence-corrected chi connectivity index (χ3v) is 4.58. The summed E-state index contributed by atoms with van der Waals surface area (Å²) >= 11 is 0. The number of hydrogen-bond donors (Lipinski definition) is 0. The molecule has 0 saturated carbocycles. The van der Waals surface area contributed by atoms with Crippen LogP contribution in [0.2, 0.25) is 0 Å². The van der Waals surface area contributed by atoms with Crippen molar-refractivity contribution in [2.45, 2.75) is 19.8 Å². The average molecular weight is 321 g/mol. The third kappa shape index (κ3) is 2.89. The first-order valence-electron chi connectivity index (χ1n) is 8.24. The first-order chi connectivity index (χ1) is 11.7. The van der Waals surface area contributed by atoms with Gasteiger partial charge < -0.3 is 9.32 Å². The van der Waals surface area contributed by atoms with Gasteiger partial charge in [-0.05, 0) is 36.5 Å². The predicted octanol–water partition coefficient (Wildman–Crippen LogP) is 3.24. The second kappa shape index (κ2) is 6.07. The molecule has 0 aliphatic carbocycles. The number of aromatic nitrogens is 2. The van der Waals surface area contributed by atoms with Crippen LogP contribution in [0.25, 0.3) is 10.9 Å². The first kappa shape index (κ1) is 14.9. The Bertz CT molecular complexity index is 887. The van der Waals surface area contributed by atoms with Crippen molar-refractivity contribution in [3.05, 3.63) is 59.9 Å². The number of fused-ring (bicyclic) bond motifs is 1. The van der Waals surface area contributed by atoms with Gasteiger partial charge in [-0.3, -0.25) is 9.78 Å². The zero-order valence-corrected chi connectivity index (χ0v) is 13.6. The number of nitrogens with zero attached hydrogens (tertiary/aromatic N) is 3. The number of hydrogen-bond acceptors (Lipinski definition) is 4. The minimum atomic E-state index is -0.0361. The molecule has 0 bridgehead atoms. The largest absolute Gasteiger partial charge is 0.448 e. The first-order valence-corrected chi connectivity index (χ1v) is 8.24. The molecule has 1 saturated heterocycles. The fourth-order valence-corrected chi connectivity index (χ4v) is 3.37. The van der Waals surface area contributed by atoms with Gasteiger partial charge in [-0.1, -0.05) is 18.2 Å². The van der Waals surface area contributed by atoms with Crippen molar-refractivity contribution in [1.29, 1.82) is 0 Å². The average Bonchev–Trinajstić information content (AvgIpc) is 3.23. The Labute approximate surface area is 140 Å². The minimum absolute atomic E-state index is 0.0361. The maximum Gasteiger partial charge on any atom is 0.275 e. The normalized spacial score (nSPS) is 17.5. The van der Waals surface area contributed by atoms with E-state index in [1.807, 2.05) is 29.3 Å². The van der Waals surface area contributed by atoms with Crippen molar-refractivity contribution >= 4 is 16.8 Å². The highest BCUT2D eigenvalue weighted by Crippen LogP contribution is 2.23. The van der Waals surface area contributed by atoms with Crippen LogP contribution >= 0.6 is 0 Å². The molecule has 0 spiro atoms. The van der Waals surface area contributed by atoms with E-state index in [0.717, 1.165) is 31.4 Å². The van der Waals surface area contributed by atoms with Gasteiger partial charge in [-0.2, -0.15) is 0 Å². The van der Waals surface area contributed by atoms with Gasteiger partial charge in [0, 0.05) is 31.6 Å². The zero-order valence-electron chi connectivity index (χ0n) is 13.6. The molecule has 1 aromatic carbocycles. The van der Waals surface area contributed by atoms with E-state index in [4.69, 9.17) is 4.42 Å². The maximum atomic E-state index is 12.4. The zero-order chi connectivity index (χ0) is 16.5. The number of aryl methyl sites for hydroxylation is 1. The topological polar surface area (TPSA) is 59.2 Å². The van der Waals surface area contributed by atoms with E-state index in [1.165, 1.54) is 17.2 Å². The van der Waals surface area contributed by atoms with Crippen LogP contribution in [-0.2, 0) is 6.42 Å². The summed E-state index contributed by atoms with van der Waals surface area (Å²) in [6, 6.07) is 10.3. The van der Waals surface area contributed by atoms with Crippen molar-refractivity contribution in [3.63, 3.8) is 0 Å². The van der Waals surface area contributed by atoms with Crippen LogP contribution in [0.3, 0.4) is 0 Å². The number of pyridine rings is 1. The summed E-state index contributed by atoms with van der Waals surface area (Å²) in [5, 5.41) is 1.17. The molecule has 1 fully saturated rings. The Morgan fingerprint density at radius 2 is 2.25 bits per heavy atom. The molecular formula is C19H19N3O2. The van der Waals surface area contributed by atoms with Crippen molar-refractivity contribution in [3.8, 4) is 0 Å². The number of oxazole rings is 1. The molecule has 1 aliphatic heterocycles. The van der Waals surface area contributed by atoms with E-state index in [2.05, 4.69) is 22.1 Å². The predicted molar refractivity (Wildman–Crippen MR) is 90.7 cm³/mol. The van der Waals surface area contributed by atoms with Crippen molar-refractivity contribution in [2.24, 2.45) is 5.92 Å². The Balaban J connectivity index is 1.43. The molecule has 2 aromatic heterocycles. The van der Waals surface area contributed by atoms with E-state index in [9.17, 15) is 4.79 Å². The van der Waals surface area contributed by atoms with Gasteiger partial charge >= 0.3 is 0 Å². The highest BCUT2D eigenvalue weighted by molar-refractivity contribution is 5.92. The summed E-state index contributed by atoms with van der Waals surface area (Å²) in [5.74, 6) is 0.951. The van der Waals surface area contributed by atoms with Gasteiger partial charge in [0.25, 0.3) is 5.91 Å². The highest BCUT2D eigenvalue weighted by Gasteiger charge is 2.28. The van der Waals surface area contributed by atoms with Crippen molar-refractivity contribution in [2.75, 3.05) is 13.1 Å². The van der Waals surface area contributed by atoms with Crippen LogP contribution in [-0.4, -0.2) is 33.9 Å². The lowest BCUT2D eigenvalue weighted by Gasteiger charge is -2.15. The summed E-state index contributed by atoms with van der Waals surface area (Å²) in [6.07, 6.45) is 5.35. The van der Waals surface area contributed by atoms with E-state index >= 15 is 0 Å². The molecule has 3 aromatic rings. The summed E-state index contributed by atoms with van der Waals surface area (Å²) in [5.41, 5.74) is 2.65. The SMILES string of the molecule is Cc1nc(C(=O)N2CCC(Cc3cnc4ccccc4c3)C2)co1. The van der Waals surface area contributed by atoms with E-state index < -0.39 is 0 Å². The van der Waals surface area contributed by atoms with Gasteiger partial charge in [-0.25, -0.2) is 4.98 Å². The van der Waals surface area contributed by atoms with Crippen LogP contribution < -0.4 is 0 Å². The summed E-state index contributed by atoms with van der Waals surface area (Å²) in [4.78, 5) is 23.0. The molecule has 5 heteroatoms. The van der Waals surface area contributed by atoms with E-state index in [-0.39, 0.29) is 5.91 Å². The number of carbonyl (C=O) groups is 1. The lowest BCUT2D eigenvalue weighted by atomic mass is 9.99. The van der Waals surface area contributed by atoms with Crippen LogP contribution in [0.4, 0.5) is 0 Å². The van der Waals surface area contributed by atoms with Crippen LogP contribution in [0.1, 0.15) is 28.4 Å². The Morgan fingerprint density at radius 1 is 1.38 bits per heavy atom. The number of para-hydroxylation sites is 1. The standard InChI is InChI=1S/C19H19N3O2/c1-13-21-18(12-24-13)19(23)22-7-6-14(11-22)8-15-9-16-4-2-3-5-17(16)20-10-15/h2-5,9-10,12,14H,6-8,11H2,1H3. The van der Waals surface area contributed by atoms with Crippen LogP contribution in [0, 0.1) is 12.8 Å². The quantitative estimate of drug-likeness (QED) is 0.743. The van der Waals surface area contributed by atoms with Crippen LogP contribution in [0.5, 0.6) is 0 Å². The van der Waals surface area contributed by atoms with Gasteiger partial charge in [0.1, 0.15) is 6.26 Å². The lowest BCUT2D eigenvalue weighted by Crippen LogP contribution is -2.29. The molecule has 5 nitrogen and oxygen atoms in total. The fraction of sp³-hybridized carbons (Fsp3) is 0.316. The number of amides is 1. The second-order valence-electron chi connectivity index (χ2n) is 6.40. The third-order valence-electron chi connectivity index (χ3n) is 4.58. The Hall–Kier alpha value is -2.69. The molecule has 1 amide bonds. The highest BCUT2D eigenvalue weighted by atomic mass is 16.3. The number of carbonyl (C=O) groups excluding carboxylic acids is 1. The van der Waals surface area contributed by atoms with Gasteiger partial charge in [0.15, 0.2) is 11.6 Å². The minimum Gasteiger partial charge on any atom is -0.448 e. The smallest absolute Gasteiger partial charge is 0.275 e. The van der Waals surface area contributed by atoms with Gasteiger partial charge in [0.05, 0.1) is 5.52 Å². The molecule has 1 atom stereocenters. The lowest BCUT2D eigenvalue weighted by molar-refractivity contribution is 0.0781. The maximum absolute atomic E-state index is 12.4. The van der Waals surface area contributed by atoms with Crippen LogP contribution in [0.15, 0.2) is 47.2 Å². The van der Waals surface area contributed by atoms with E-state index in [1.54, 1.807) is 6.92 Å². The number of benzene rings is 1. The van der Waals surface area contributed by atoms with Crippen molar-refractivity contribution in [1.82, 2.24) is 14.9 Å². The second-order valence-corrected chi connectivity index (χ2v) is 6.40. The fourth-order valence-electron chi connectivity index (χ4n) is 3.37. The molecule has 3 heterocycles. The van der Waals surface area contributed by atoms with Gasteiger partial charge in [0.2, 0.25) is 0 Å². The van der Waals surface area contributed by atoms with E-state index in [0.29, 0.717) is 17.5 Å². The molecular weight excluding hydrogens is 302 g/mol. The Kier molecular flexibility index (Phi) is 3.76. The number of rotatable bonds is 3. The molecule has 1 unspecified atom stereocenters. The molecule has 0 radical (unpaired) electrons. The molecule has 24 heavy (non-hydrogen) atoms. The molecule has 4 rings (SSSR count). The monoisotopic (exact) mass is 321 g/mol. The molecule has 1 aliphatic rings. The summed E-state index contributed by atoms with van der Waals surface area (Å²) in [6.45, 7) is 3.28. The van der Waals surface area contributed by atoms with Gasteiger partial charge in [-0.15, -0.1) is 0 Å². The van der Waals surface area contributed by atoms with Crippen molar-refractivity contribution < 1.29 is 9.21 Å². The summed E-state index contributed by atoms with van der Waals surface area (Å²) < 4.78 is 5.14. The molecule has 122 valence electrons. The summed E-state index contributed by atoms with van der Waals surface area (Å²) in [7, 11) is 0.